The van der Waals surface area contributed by atoms with Gasteiger partial charge in [0.15, 0.2) is 0 Å². The summed E-state index contributed by atoms with van der Waals surface area (Å²) in [6, 6.07) is 20.6. The molecule has 1 aliphatic heterocycles. The molecule has 0 bridgehead atoms. The smallest absolute Gasteiger partial charge is 0.205 e. The Bertz CT molecular complexity index is 1240. The molecule has 1 heterocycles. The Morgan fingerprint density at radius 1 is 1.19 bits per heavy atom. The van der Waals surface area contributed by atoms with Crippen LogP contribution in [0.2, 0.25) is 0 Å². The van der Waals surface area contributed by atoms with Crippen LogP contribution >= 0.6 is 22.6 Å². The van der Waals surface area contributed by atoms with Crippen LogP contribution in [-0.2, 0) is 0 Å². The number of aromatic hydroxyl groups is 1. The molecular formula is C24H18IN3O3. The fourth-order valence-electron chi connectivity index (χ4n) is 3.45. The van der Waals surface area contributed by atoms with E-state index < -0.39 is 5.92 Å². The summed E-state index contributed by atoms with van der Waals surface area (Å²) in [4.78, 5) is 4.51. The number of phenolic OH excluding ortho intramolecular Hbond substituents is 1. The first-order valence-electron chi connectivity index (χ1n) is 9.39. The molecule has 0 aliphatic carbocycles. The Hall–Kier alpha value is -3.51. The summed E-state index contributed by atoms with van der Waals surface area (Å²) < 4.78 is 11.9. The lowest BCUT2D eigenvalue weighted by Gasteiger charge is -2.27. The van der Waals surface area contributed by atoms with Crippen LogP contribution in [0.5, 0.6) is 17.2 Å². The number of halogens is 1. The van der Waals surface area contributed by atoms with Gasteiger partial charge in [0.1, 0.15) is 28.9 Å². The first kappa shape index (κ1) is 20.8. The molecule has 1 atom stereocenters. The largest absolute Gasteiger partial charge is 0.507 e. The quantitative estimate of drug-likeness (QED) is 0.372. The summed E-state index contributed by atoms with van der Waals surface area (Å²) in [5, 5.41) is 20.3. The molecule has 3 N–H and O–H groups in total. The highest BCUT2D eigenvalue weighted by atomic mass is 127. The highest BCUT2D eigenvalue weighted by Gasteiger charge is 2.31. The van der Waals surface area contributed by atoms with Crippen LogP contribution in [0.1, 0.15) is 22.6 Å². The third-order valence-corrected chi connectivity index (χ3v) is 5.92. The van der Waals surface area contributed by atoms with Crippen molar-refractivity contribution in [3.63, 3.8) is 0 Å². The molecule has 6 nitrogen and oxygen atoms in total. The second-order valence-electron chi connectivity index (χ2n) is 6.86. The number of aliphatic imine (C=N–C) groups is 1. The number of nitrogens with zero attached hydrogens (tertiary/aromatic N) is 2. The number of ether oxygens (including phenoxy) is 2. The van der Waals surface area contributed by atoms with Gasteiger partial charge in [0.05, 0.1) is 18.7 Å². The fraction of sp³-hybridized carbons (Fsp3) is 0.0833. The monoisotopic (exact) mass is 523 g/mol. The molecule has 31 heavy (non-hydrogen) atoms. The lowest BCUT2D eigenvalue weighted by Crippen LogP contribution is -2.21. The number of benzene rings is 3. The molecule has 0 saturated heterocycles. The van der Waals surface area contributed by atoms with Crippen molar-refractivity contribution in [1.29, 1.82) is 5.26 Å². The number of phenols is 1. The number of rotatable bonds is 4. The SMILES string of the molecule is COc1ccc(C2C(C#N)=C(N)Oc3cc(O)c(C=Nc4ccccc4I)cc32)cc1. The molecular weight excluding hydrogens is 505 g/mol. The molecule has 0 fully saturated rings. The molecule has 154 valence electrons. The van der Waals surface area contributed by atoms with E-state index in [2.05, 4.69) is 33.7 Å². The standard InChI is InChI=1S/C24H18IN3O3/c1-30-16-8-6-14(7-9-16)23-17-10-15(13-28-20-5-3-2-4-19(20)25)21(29)11-22(17)31-24(27)18(23)12-26/h2-11,13,23,29H,27H2,1H3. The van der Waals surface area contributed by atoms with Crippen LogP contribution in [0.25, 0.3) is 0 Å². The normalized spacial score (nSPS) is 15.3. The minimum absolute atomic E-state index is 0.00938. The molecule has 3 aromatic rings. The van der Waals surface area contributed by atoms with E-state index in [0.29, 0.717) is 22.6 Å². The highest BCUT2D eigenvalue weighted by molar-refractivity contribution is 14.1. The Morgan fingerprint density at radius 2 is 1.94 bits per heavy atom. The van der Waals surface area contributed by atoms with Gasteiger partial charge in [-0.15, -0.1) is 0 Å². The molecule has 0 saturated carbocycles. The number of hydrogen-bond donors (Lipinski definition) is 2. The molecule has 1 aliphatic rings. The molecule has 0 radical (unpaired) electrons. The van der Waals surface area contributed by atoms with Gasteiger partial charge in [-0.1, -0.05) is 24.3 Å². The maximum absolute atomic E-state index is 10.5. The van der Waals surface area contributed by atoms with Crippen molar-refractivity contribution in [2.75, 3.05) is 7.11 Å². The van der Waals surface area contributed by atoms with Gasteiger partial charge >= 0.3 is 0 Å². The van der Waals surface area contributed by atoms with Gasteiger partial charge in [-0.3, -0.25) is 4.99 Å². The van der Waals surface area contributed by atoms with E-state index in [9.17, 15) is 10.4 Å². The zero-order valence-corrected chi connectivity index (χ0v) is 18.7. The van der Waals surface area contributed by atoms with Gasteiger partial charge in [0.2, 0.25) is 5.88 Å². The number of hydrogen-bond acceptors (Lipinski definition) is 6. The third kappa shape index (κ3) is 4.07. The average Bonchev–Trinajstić information content (AvgIpc) is 2.78. The Morgan fingerprint density at radius 3 is 2.61 bits per heavy atom. The van der Waals surface area contributed by atoms with E-state index >= 15 is 0 Å². The van der Waals surface area contributed by atoms with Crippen LogP contribution in [-0.4, -0.2) is 18.4 Å². The van der Waals surface area contributed by atoms with Gasteiger partial charge in [0, 0.05) is 27.0 Å². The number of para-hydroxylation sites is 1. The summed E-state index contributed by atoms with van der Waals surface area (Å²) in [5.41, 5.74) is 9.22. The molecule has 7 heteroatoms. The molecule has 3 aromatic carbocycles. The predicted octanol–water partition coefficient (Wildman–Crippen LogP) is 4.97. The van der Waals surface area contributed by atoms with E-state index in [-0.39, 0.29) is 11.6 Å². The summed E-state index contributed by atoms with van der Waals surface area (Å²) >= 11 is 2.21. The van der Waals surface area contributed by atoms with E-state index in [1.807, 2.05) is 48.5 Å². The van der Waals surface area contributed by atoms with Crippen LogP contribution in [0, 0.1) is 14.9 Å². The zero-order valence-electron chi connectivity index (χ0n) is 16.5. The Kier molecular flexibility index (Phi) is 5.82. The van der Waals surface area contributed by atoms with Crippen molar-refractivity contribution in [1.82, 2.24) is 0 Å². The van der Waals surface area contributed by atoms with E-state index in [0.717, 1.165) is 20.4 Å². The Balaban J connectivity index is 1.82. The topological polar surface area (TPSA) is 101 Å². The number of nitrogens with two attached hydrogens (primary N) is 1. The number of allylic oxidation sites excluding steroid dienone is 1. The minimum atomic E-state index is -0.440. The van der Waals surface area contributed by atoms with Gasteiger partial charge in [-0.25, -0.2) is 0 Å². The van der Waals surface area contributed by atoms with E-state index in [4.69, 9.17) is 15.2 Å². The first-order chi connectivity index (χ1) is 15.0. The maximum Gasteiger partial charge on any atom is 0.205 e. The van der Waals surface area contributed by atoms with Gasteiger partial charge in [-0.05, 0) is 58.5 Å². The second kappa shape index (κ2) is 8.70. The molecule has 0 aromatic heterocycles. The second-order valence-corrected chi connectivity index (χ2v) is 8.02. The van der Waals surface area contributed by atoms with E-state index in [1.54, 1.807) is 19.4 Å². The molecule has 4 rings (SSSR count). The lowest BCUT2D eigenvalue weighted by atomic mass is 9.83. The van der Waals surface area contributed by atoms with Crippen LogP contribution in [0.4, 0.5) is 5.69 Å². The summed E-state index contributed by atoms with van der Waals surface area (Å²) in [6.07, 6.45) is 1.60. The van der Waals surface area contributed by atoms with Crippen molar-refractivity contribution in [3.05, 3.63) is 92.4 Å². The van der Waals surface area contributed by atoms with Crippen molar-refractivity contribution >= 4 is 34.5 Å². The summed E-state index contributed by atoms with van der Waals surface area (Å²) in [6.45, 7) is 0. The van der Waals surface area contributed by atoms with Crippen molar-refractivity contribution in [3.8, 4) is 23.3 Å². The minimum Gasteiger partial charge on any atom is -0.507 e. The predicted molar refractivity (Wildman–Crippen MR) is 127 cm³/mol. The Labute approximate surface area is 193 Å². The highest BCUT2D eigenvalue weighted by Crippen LogP contribution is 2.44. The van der Waals surface area contributed by atoms with Crippen LogP contribution in [0.3, 0.4) is 0 Å². The first-order valence-corrected chi connectivity index (χ1v) is 10.5. The fourth-order valence-corrected chi connectivity index (χ4v) is 3.98. The van der Waals surface area contributed by atoms with Gasteiger partial charge in [-0.2, -0.15) is 5.26 Å². The van der Waals surface area contributed by atoms with Crippen molar-refractivity contribution in [2.45, 2.75) is 5.92 Å². The lowest BCUT2D eigenvalue weighted by molar-refractivity contribution is 0.388. The van der Waals surface area contributed by atoms with Crippen LogP contribution in [0.15, 0.2) is 77.1 Å². The summed E-state index contributed by atoms with van der Waals surface area (Å²) in [5.74, 6) is 0.707. The average molecular weight is 523 g/mol. The molecule has 0 spiro atoms. The maximum atomic E-state index is 10.5. The summed E-state index contributed by atoms with van der Waals surface area (Å²) in [7, 11) is 1.60. The molecule has 1 unspecified atom stereocenters. The van der Waals surface area contributed by atoms with Crippen LogP contribution < -0.4 is 15.2 Å². The number of fused-ring (bicyclic) bond motifs is 1. The van der Waals surface area contributed by atoms with Crippen molar-refractivity contribution < 1.29 is 14.6 Å². The third-order valence-electron chi connectivity index (χ3n) is 5.01. The van der Waals surface area contributed by atoms with Gasteiger partial charge < -0.3 is 20.3 Å². The zero-order chi connectivity index (χ0) is 22.0. The number of nitriles is 1. The van der Waals surface area contributed by atoms with Gasteiger partial charge in [0.25, 0.3) is 0 Å². The number of methoxy groups -OCH3 is 1. The molecule has 0 amide bonds. The van der Waals surface area contributed by atoms with Crippen molar-refractivity contribution in [2.24, 2.45) is 10.7 Å². The van der Waals surface area contributed by atoms with E-state index in [1.165, 1.54) is 6.07 Å².